The van der Waals surface area contributed by atoms with Gasteiger partial charge in [0.2, 0.25) is 5.95 Å². The summed E-state index contributed by atoms with van der Waals surface area (Å²) in [6.07, 6.45) is 1.39. The summed E-state index contributed by atoms with van der Waals surface area (Å²) < 4.78 is 55.3. The summed E-state index contributed by atoms with van der Waals surface area (Å²) >= 11 is 1.08. The van der Waals surface area contributed by atoms with Crippen molar-refractivity contribution in [1.29, 1.82) is 5.26 Å². The maximum absolute atomic E-state index is 13.3. The number of para-hydroxylation sites is 1. The van der Waals surface area contributed by atoms with E-state index in [9.17, 15) is 15.3 Å². The monoisotopic (exact) mass is 1040 g/mol. The molecule has 0 bridgehead atoms. The van der Waals surface area contributed by atoms with Gasteiger partial charge >= 0.3 is 0 Å². The third kappa shape index (κ3) is 12.8. The molecule has 4 atom stereocenters. The average molecular weight is 1040 g/mol. The van der Waals surface area contributed by atoms with Crippen LogP contribution < -0.4 is 24.3 Å². The fourth-order valence-electron chi connectivity index (χ4n) is 8.56. The highest BCUT2D eigenvalue weighted by atomic mass is 32.2. The second-order valence-corrected chi connectivity index (χ2v) is 19.9. The Hall–Kier alpha value is -6.72. The van der Waals surface area contributed by atoms with Crippen molar-refractivity contribution < 1.29 is 47.0 Å². The molecule has 4 heterocycles. The molecule has 74 heavy (non-hydrogen) atoms. The number of anilines is 1. The zero-order chi connectivity index (χ0) is 52.0. The fourth-order valence-corrected chi connectivity index (χ4v) is 11.2. The molecule has 0 saturated carbocycles. The summed E-state index contributed by atoms with van der Waals surface area (Å²) in [7, 11) is 1.53. The summed E-state index contributed by atoms with van der Waals surface area (Å²) in [6, 6.07) is 41.7. The van der Waals surface area contributed by atoms with Crippen LogP contribution in [0.4, 0.5) is 5.95 Å². The predicted molar refractivity (Wildman–Crippen MR) is 278 cm³/mol. The number of nitrogens with zero attached hydrogens (tertiary/aromatic N) is 7. The molecule has 4 aromatic carbocycles. The molecule has 1 amide bonds. The van der Waals surface area contributed by atoms with Gasteiger partial charge in [-0.25, -0.2) is 14.6 Å². The van der Waals surface area contributed by atoms with Gasteiger partial charge in [0.1, 0.15) is 52.5 Å². The molecule has 1 unspecified atom stereocenters. The van der Waals surface area contributed by atoms with E-state index in [0.717, 1.165) is 33.2 Å². The van der Waals surface area contributed by atoms with Gasteiger partial charge in [0, 0.05) is 42.4 Å². The van der Waals surface area contributed by atoms with Crippen molar-refractivity contribution in [3.63, 3.8) is 0 Å². The quantitative estimate of drug-likeness (QED) is 0.0108. The van der Waals surface area contributed by atoms with Gasteiger partial charge in [-0.3, -0.25) is 14.7 Å². The second-order valence-electron chi connectivity index (χ2n) is 17.5. The van der Waals surface area contributed by atoms with Gasteiger partial charge in [-0.15, -0.1) is 0 Å². The van der Waals surface area contributed by atoms with Gasteiger partial charge < -0.3 is 42.7 Å². The SMILES string of the molecule is COc1ccc(C(OCOC[C@H]2O[C@@H](n3cnc4c(Sc5cccc[n+]5[O-])nc(NC(=O)COc5ccccc5)nc43)C[C@@H]2OP(OCCC#N)N(C(C)C)C(C)C)(c2ccccc2)c2ccc(OC)cc2)cc1. The second kappa shape index (κ2) is 25.5. The van der Waals surface area contributed by atoms with Crippen LogP contribution in [0.3, 0.4) is 0 Å². The Bertz CT molecular complexity index is 2900. The number of hydrogen-bond donors (Lipinski definition) is 1. The number of hydrogen-bond acceptors (Lipinski definition) is 16. The van der Waals surface area contributed by atoms with Gasteiger partial charge in [-0.1, -0.05) is 72.8 Å². The van der Waals surface area contributed by atoms with Gasteiger partial charge in [0.05, 0.1) is 52.4 Å². The summed E-state index contributed by atoms with van der Waals surface area (Å²) in [5.74, 6) is 1.37. The average Bonchev–Trinajstić information content (AvgIpc) is 4.03. The van der Waals surface area contributed by atoms with E-state index in [4.69, 9.17) is 47.4 Å². The number of ether oxygens (including phenoxy) is 6. The van der Waals surface area contributed by atoms with E-state index in [2.05, 4.69) is 48.7 Å². The highest BCUT2D eigenvalue weighted by molar-refractivity contribution is 7.99. The van der Waals surface area contributed by atoms with Crippen molar-refractivity contribution in [2.45, 2.75) is 86.7 Å². The van der Waals surface area contributed by atoms with E-state index < -0.39 is 38.5 Å². The van der Waals surface area contributed by atoms with Crippen molar-refractivity contribution in [2.24, 2.45) is 0 Å². The van der Waals surface area contributed by atoms with Crippen LogP contribution in [0.2, 0.25) is 0 Å². The molecule has 386 valence electrons. The van der Waals surface area contributed by atoms with Crippen molar-refractivity contribution in [2.75, 3.05) is 46.1 Å². The van der Waals surface area contributed by atoms with E-state index in [1.54, 1.807) is 55.4 Å². The van der Waals surface area contributed by atoms with Crippen LogP contribution >= 0.6 is 20.3 Å². The molecule has 7 aromatic rings. The lowest BCUT2D eigenvalue weighted by Crippen LogP contribution is -2.37. The number of rotatable bonds is 25. The molecule has 20 heteroatoms. The van der Waals surface area contributed by atoms with E-state index >= 15 is 0 Å². The topological polar surface area (TPSA) is 201 Å². The van der Waals surface area contributed by atoms with E-state index in [-0.39, 0.29) is 57.5 Å². The zero-order valence-electron chi connectivity index (χ0n) is 42.0. The summed E-state index contributed by atoms with van der Waals surface area (Å²) in [5, 5.41) is 25.8. The van der Waals surface area contributed by atoms with Crippen LogP contribution in [0.25, 0.3) is 11.2 Å². The number of benzene rings is 4. The minimum absolute atomic E-state index is 0.0188. The third-order valence-corrected chi connectivity index (χ3v) is 15.1. The molecular formula is C54H59N8O10PS. The van der Waals surface area contributed by atoms with Crippen LogP contribution in [0.15, 0.2) is 150 Å². The Morgan fingerprint density at radius 2 is 1.53 bits per heavy atom. The summed E-state index contributed by atoms with van der Waals surface area (Å²) in [5.41, 5.74) is 2.08. The molecule has 0 aliphatic carbocycles. The van der Waals surface area contributed by atoms with E-state index in [1.165, 1.54) is 6.20 Å². The molecule has 0 spiro atoms. The summed E-state index contributed by atoms with van der Waals surface area (Å²) in [6.45, 7) is 7.99. The molecule has 1 saturated heterocycles. The first-order chi connectivity index (χ1) is 36.0. The van der Waals surface area contributed by atoms with Gasteiger partial charge in [0.15, 0.2) is 18.5 Å². The van der Waals surface area contributed by atoms with Gasteiger partial charge in [-0.2, -0.15) is 15.0 Å². The van der Waals surface area contributed by atoms with Crippen LogP contribution in [0.5, 0.6) is 17.2 Å². The van der Waals surface area contributed by atoms with Gasteiger partial charge in [-0.05, 0) is 86.8 Å². The highest BCUT2D eigenvalue weighted by Gasteiger charge is 2.43. The first-order valence-electron chi connectivity index (χ1n) is 24.1. The van der Waals surface area contributed by atoms with Crippen molar-refractivity contribution in [1.82, 2.24) is 24.2 Å². The number of imidazole rings is 1. The molecule has 1 aliphatic heterocycles. The molecular weight excluding hydrogens is 984 g/mol. The molecule has 0 radical (unpaired) electrons. The van der Waals surface area contributed by atoms with Crippen molar-refractivity contribution in [3.05, 3.63) is 162 Å². The smallest absolute Gasteiger partial charge is 0.264 e. The standard InChI is InChI=1S/C54H59N8O10PS/c1-37(2)62(38(3)4)73(70-31-15-29-55)72-45-32-48(60-35-56-50-51(60)58-53(57-47(63)34-68-44-18-11-8-12-19-44)59-52(50)74-49-20-13-14-30-61(49)64)71-46(45)33-67-36-69-54(39-16-9-7-10-17-39,40-21-25-42(65-5)26-22-40)41-23-27-43(66-6)28-24-41/h7-14,16-28,30,35,37-38,45-46,48H,15,31-34,36H2,1-6H3,(H,57,58,59,63)/t45-,46+,48+,73?/m0/s1. The summed E-state index contributed by atoms with van der Waals surface area (Å²) in [4.78, 5) is 27.6. The molecule has 3 aromatic heterocycles. The largest absolute Gasteiger partial charge is 0.618 e. The number of nitriles is 1. The maximum Gasteiger partial charge on any atom is 0.264 e. The van der Waals surface area contributed by atoms with E-state index in [1.807, 2.05) is 97.1 Å². The number of pyridine rings is 1. The predicted octanol–water partition coefficient (Wildman–Crippen LogP) is 9.58. The molecule has 1 N–H and O–H groups in total. The number of amides is 1. The lowest BCUT2D eigenvalue weighted by molar-refractivity contribution is -0.645. The minimum Gasteiger partial charge on any atom is -0.618 e. The van der Waals surface area contributed by atoms with Crippen LogP contribution in [-0.4, -0.2) is 95.2 Å². The molecule has 1 fully saturated rings. The van der Waals surface area contributed by atoms with Gasteiger partial charge in [0.25, 0.3) is 19.5 Å². The Morgan fingerprint density at radius 3 is 2.15 bits per heavy atom. The molecule has 18 nitrogen and oxygen atoms in total. The molecule has 1 aliphatic rings. The zero-order valence-corrected chi connectivity index (χ0v) is 43.7. The molecule has 8 rings (SSSR count). The van der Waals surface area contributed by atoms with E-state index in [0.29, 0.717) is 38.5 Å². The first kappa shape index (κ1) is 53.6. The van der Waals surface area contributed by atoms with Crippen LogP contribution in [0.1, 0.15) is 63.5 Å². The Morgan fingerprint density at radius 1 is 0.892 bits per heavy atom. The lowest BCUT2D eigenvalue weighted by Gasteiger charge is -2.37. The Balaban J connectivity index is 1.12. The first-order valence-corrected chi connectivity index (χ1v) is 26.0. The Labute approximate surface area is 436 Å². The number of fused-ring (bicyclic) bond motifs is 1. The number of aromatic nitrogens is 5. The number of nitrogens with one attached hydrogen (secondary N) is 1. The fraction of sp³-hybridized carbons (Fsp3) is 0.333. The highest BCUT2D eigenvalue weighted by Crippen LogP contribution is 2.50. The number of carbonyl (C=O) groups is 1. The Kier molecular flexibility index (Phi) is 18.4. The normalized spacial score (nSPS) is 16.1. The minimum atomic E-state index is -1.72. The maximum atomic E-state index is 13.3. The van der Waals surface area contributed by atoms with Crippen LogP contribution in [-0.2, 0) is 33.7 Å². The van der Waals surface area contributed by atoms with Crippen LogP contribution in [0, 0.1) is 16.5 Å². The number of methoxy groups -OCH3 is 2. The third-order valence-electron chi connectivity index (χ3n) is 11.9. The van der Waals surface area contributed by atoms with Crippen molar-refractivity contribution >= 4 is 43.3 Å². The number of carbonyl (C=O) groups excluding carboxylic acids is 1. The van der Waals surface area contributed by atoms with Crippen molar-refractivity contribution in [3.8, 4) is 23.3 Å². The lowest BCUT2D eigenvalue weighted by atomic mass is 9.80.